The van der Waals surface area contributed by atoms with Gasteiger partial charge in [0.15, 0.2) is 0 Å². The highest BCUT2D eigenvalue weighted by atomic mass is 16.6. The average Bonchev–Trinajstić information content (AvgIpc) is 3.27. The molecular weight excluding hydrogens is 366 g/mol. The van der Waals surface area contributed by atoms with Crippen molar-refractivity contribution in [2.75, 3.05) is 39.2 Å². The summed E-state index contributed by atoms with van der Waals surface area (Å²) in [5.74, 6) is 0. The van der Waals surface area contributed by atoms with Gasteiger partial charge >= 0.3 is 6.09 Å². The van der Waals surface area contributed by atoms with Crippen LogP contribution in [0.5, 0.6) is 0 Å². The number of aromatic nitrogens is 2. The van der Waals surface area contributed by atoms with Gasteiger partial charge in [0.1, 0.15) is 6.61 Å². The zero-order valence-electron chi connectivity index (χ0n) is 17.1. The number of nitrogens with one attached hydrogen (secondary N) is 1. The topological polar surface area (TPSA) is 64.7 Å². The van der Waals surface area contributed by atoms with E-state index in [1.165, 1.54) is 0 Å². The molecule has 0 saturated heterocycles. The van der Waals surface area contributed by atoms with E-state index in [1.807, 2.05) is 86.9 Å². The summed E-state index contributed by atoms with van der Waals surface area (Å²) in [7, 11) is 5.90. The first-order valence-electron chi connectivity index (χ1n) is 9.50. The normalized spacial score (nSPS) is 11.1. The minimum atomic E-state index is -0.411. The molecule has 0 aliphatic carbocycles. The Balaban J connectivity index is 1.77. The Morgan fingerprint density at radius 2 is 1.69 bits per heavy atom. The number of aromatic amines is 1. The first-order chi connectivity index (χ1) is 14.0. The number of hydrazine groups is 1. The molecule has 3 aromatic rings. The predicted octanol–water partition coefficient (Wildman–Crippen LogP) is 3.63. The number of likely N-dealkylation sites (N-methyl/N-ethyl adjacent to an activating group) is 2. The maximum Gasteiger partial charge on any atom is 0.429 e. The van der Waals surface area contributed by atoms with Gasteiger partial charge in [0, 0.05) is 31.9 Å². The Morgan fingerprint density at radius 1 is 0.966 bits per heavy atom. The smallest absolute Gasteiger partial charge is 0.429 e. The molecule has 0 atom stereocenters. The average molecular weight is 393 g/mol. The van der Waals surface area contributed by atoms with Gasteiger partial charge in [-0.05, 0) is 37.4 Å². The van der Waals surface area contributed by atoms with E-state index in [2.05, 4.69) is 15.1 Å². The van der Waals surface area contributed by atoms with Gasteiger partial charge in [-0.25, -0.2) is 14.8 Å². The predicted molar refractivity (Wildman–Crippen MR) is 114 cm³/mol. The molecule has 29 heavy (non-hydrogen) atoms. The lowest BCUT2D eigenvalue weighted by Gasteiger charge is -2.32. The molecule has 0 aliphatic rings. The van der Waals surface area contributed by atoms with Gasteiger partial charge in [-0.3, -0.25) is 5.10 Å². The Hall–Kier alpha value is -3.16. The number of H-pyrrole nitrogens is 1. The number of carbonyl (C=O) groups is 1. The lowest BCUT2D eigenvalue weighted by atomic mass is 10.1. The summed E-state index contributed by atoms with van der Waals surface area (Å²) in [5, 5.41) is 10.2. The maximum atomic E-state index is 13.0. The van der Waals surface area contributed by atoms with Gasteiger partial charge in [0.05, 0.1) is 11.9 Å². The van der Waals surface area contributed by atoms with E-state index in [-0.39, 0.29) is 6.61 Å². The van der Waals surface area contributed by atoms with Crippen molar-refractivity contribution in [1.82, 2.24) is 20.1 Å². The van der Waals surface area contributed by atoms with Crippen molar-refractivity contribution in [2.24, 2.45) is 0 Å². The van der Waals surface area contributed by atoms with Crippen LogP contribution in [0.3, 0.4) is 0 Å². The van der Waals surface area contributed by atoms with Crippen LogP contribution in [-0.2, 0) is 11.3 Å². The van der Waals surface area contributed by atoms with Gasteiger partial charge < -0.3 is 9.64 Å². The van der Waals surface area contributed by atoms with Crippen molar-refractivity contribution in [3.05, 3.63) is 72.6 Å². The summed E-state index contributed by atoms with van der Waals surface area (Å²) in [6, 6.07) is 17.4. The molecule has 1 N–H and O–H groups in total. The highest BCUT2D eigenvalue weighted by Crippen LogP contribution is 2.24. The van der Waals surface area contributed by atoms with Crippen molar-refractivity contribution < 1.29 is 9.53 Å². The van der Waals surface area contributed by atoms with E-state index in [0.717, 1.165) is 28.9 Å². The maximum absolute atomic E-state index is 13.0. The summed E-state index contributed by atoms with van der Waals surface area (Å²) < 4.78 is 5.59. The first kappa shape index (κ1) is 20.6. The van der Waals surface area contributed by atoms with Crippen LogP contribution < -0.4 is 5.01 Å². The Labute approximate surface area is 171 Å². The van der Waals surface area contributed by atoms with Gasteiger partial charge in [0.2, 0.25) is 0 Å². The molecule has 152 valence electrons. The van der Waals surface area contributed by atoms with Crippen LogP contribution in [0.1, 0.15) is 5.56 Å². The SMILES string of the molecule is CN(C)CCN(C)N(C(=O)OCc1ccccc1)c1ccc(-c2cn[nH]c2)cc1. The number of hydrogen-bond donors (Lipinski definition) is 1. The summed E-state index contributed by atoms with van der Waals surface area (Å²) in [6.45, 7) is 1.72. The third-order valence-electron chi connectivity index (χ3n) is 4.53. The number of nitrogens with zero attached hydrogens (tertiary/aromatic N) is 4. The molecule has 0 saturated carbocycles. The second kappa shape index (κ2) is 9.86. The van der Waals surface area contributed by atoms with Gasteiger partial charge in [0.25, 0.3) is 0 Å². The van der Waals surface area contributed by atoms with Crippen molar-refractivity contribution in [3.63, 3.8) is 0 Å². The van der Waals surface area contributed by atoms with E-state index >= 15 is 0 Å². The van der Waals surface area contributed by atoms with E-state index in [9.17, 15) is 4.79 Å². The highest BCUT2D eigenvalue weighted by molar-refractivity contribution is 5.87. The molecule has 0 spiro atoms. The number of hydrogen-bond acceptors (Lipinski definition) is 5. The Kier molecular flexibility index (Phi) is 6.99. The summed E-state index contributed by atoms with van der Waals surface area (Å²) >= 11 is 0. The second-order valence-electron chi connectivity index (χ2n) is 7.07. The number of rotatable bonds is 8. The zero-order valence-corrected chi connectivity index (χ0v) is 17.1. The molecule has 0 unspecified atom stereocenters. The molecule has 0 radical (unpaired) electrons. The molecule has 7 heteroatoms. The van der Waals surface area contributed by atoms with Crippen LogP contribution in [0.4, 0.5) is 10.5 Å². The highest BCUT2D eigenvalue weighted by Gasteiger charge is 2.22. The minimum Gasteiger partial charge on any atom is -0.443 e. The summed E-state index contributed by atoms with van der Waals surface area (Å²) in [4.78, 5) is 15.0. The van der Waals surface area contributed by atoms with Crippen LogP contribution in [0.15, 0.2) is 67.0 Å². The number of anilines is 1. The Bertz CT molecular complexity index is 879. The fourth-order valence-electron chi connectivity index (χ4n) is 2.87. The molecule has 1 amide bonds. The number of ether oxygens (including phenoxy) is 1. The summed E-state index contributed by atoms with van der Waals surface area (Å²) in [5.41, 5.74) is 3.72. The van der Waals surface area contributed by atoms with Crippen molar-refractivity contribution in [3.8, 4) is 11.1 Å². The van der Waals surface area contributed by atoms with Crippen LogP contribution in [-0.4, -0.2) is 60.4 Å². The lowest BCUT2D eigenvalue weighted by Crippen LogP contribution is -2.47. The van der Waals surface area contributed by atoms with E-state index in [0.29, 0.717) is 6.54 Å². The third kappa shape index (κ3) is 5.66. The molecule has 2 aromatic carbocycles. The molecule has 1 aromatic heterocycles. The third-order valence-corrected chi connectivity index (χ3v) is 4.53. The second-order valence-corrected chi connectivity index (χ2v) is 7.07. The lowest BCUT2D eigenvalue weighted by molar-refractivity contribution is 0.127. The van der Waals surface area contributed by atoms with Crippen LogP contribution in [0, 0.1) is 0 Å². The quantitative estimate of drug-likeness (QED) is 0.592. The number of amides is 1. The fourth-order valence-corrected chi connectivity index (χ4v) is 2.87. The standard InChI is InChI=1S/C22H27N5O2/c1-25(2)13-14-26(3)27(22(28)29-17-18-7-5-4-6-8-18)21-11-9-19(10-12-21)20-15-23-24-16-20/h4-12,15-16H,13-14,17H2,1-3H3,(H,23,24). The van der Waals surface area contributed by atoms with Crippen LogP contribution >= 0.6 is 0 Å². The monoisotopic (exact) mass is 393 g/mol. The van der Waals surface area contributed by atoms with Crippen LogP contribution in [0.2, 0.25) is 0 Å². The minimum absolute atomic E-state index is 0.227. The molecule has 3 rings (SSSR count). The molecule has 0 fully saturated rings. The largest absolute Gasteiger partial charge is 0.443 e. The zero-order chi connectivity index (χ0) is 20.6. The van der Waals surface area contributed by atoms with Gasteiger partial charge in [-0.2, -0.15) is 5.10 Å². The number of carbonyl (C=O) groups excluding carboxylic acids is 1. The summed E-state index contributed by atoms with van der Waals surface area (Å²) in [6.07, 6.45) is 3.19. The Morgan fingerprint density at radius 3 is 2.31 bits per heavy atom. The molecular formula is C22H27N5O2. The molecule has 7 nitrogen and oxygen atoms in total. The van der Waals surface area contributed by atoms with E-state index in [4.69, 9.17) is 4.74 Å². The van der Waals surface area contributed by atoms with Crippen molar-refractivity contribution >= 4 is 11.8 Å². The van der Waals surface area contributed by atoms with E-state index < -0.39 is 6.09 Å². The van der Waals surface area contributed by atoms with E-state index in [1.54, 1.807) is 11.2 Å². The number of benzene rings is 2. The molecule has 1 heterocycles. The van der Waals surface area contributed by atoms with Gasteiger partial charge in [-0.15, -0.1) is 0 Å². The molecule has 0 bridgehead atoms. The van der Waals surface area contributed by atoms with Crippen LogP contribution in [0.25, 0.3) is 11.1 Å². The fraction of sp³-hybridized carbons (Fsp3) is 0.273. The first-order valence-corrected chi connectivity index (χ1v) is 9.50. The van der Waals surface area contributed by atoms with Gasteiger partial charge in [-0.1, -0.05) is 42.5 Å². The molecule has 0 aliphatic heterocycles. The van der Waals surface area contributed by atoms with Crippen molar-refractivity contribution in [1.29, 1.82) is 0 Å². The van der Waals surface area contributed by atoms with Crippen molar-refractivity contribution in [2.45, 2.75) is 6.61 Å².